The maximum absolute atomic E-state index is 11.2. The van der Waals surface area contributed by atoms with Crippen LogP contribution in [0.15, 0.2) is 6.07 Å². The van der Waals surface area contributed by atoms with Crippen LogP contribution in [0.2, 0.25) is 0 Å². The first kappa shape index (κ1) is 17.2. The molecule has 2 N–H and O–H groups in total. The molecule has 25 heavy (non-hydrogen) atoms. The molecule has 5 rings (SSSR count). The molecule has 4 nitrogen and oxygen atoms in total. The van der Waals surface area contributed by atoms with Crippen molar-refractivity contribution in [2.75, 3.05) is 13.7 Å². The van der Waals surface area contributed by atoms with Crippen LogP contribution in [0.4, 0.5) is 0 Å². The molecule has 138 valence electrons. The lowest BCUT2D eigenvalue weighted by Gasteiger charge is -2.65. The van der Waals surface area contributed by atoms with Crippen molar-refractivity contribution in [3.63, 3.8) is 0 Å². The Morgan fingerprint density at radius 1 is 1.28 bits per heavy atom. The molecule has 1 aromatic rings. The summed E-state index contributed by atoms with van der Waals surface area (Å²) in [5.41, 5.74) is 2.74. The fourth-order valence-corrected chi connectivity index (χ4v) is 5.96. The molecule has 1 aromatic carbocycles. The van der Waals surface area contributed by atoms with E-state index in [0.717, 1.165) is 30.4 Å². The Bertz CT molecular complexity index is 711. The predicted octanol–water partition coefficient (Wildman–Crippen LogP) is 3.86. The standard InChI is InChI=1S/C21H30O4/c1-12(2)14-10-13-6-7-15-19(3,4)21(23)9-8-20(15,11-25-21)16(13)17(22)18(14)24-5/h10,12,15,22-23H,6-9,11H2,1-5H3/t15-,20+,21-/m0/s1. The second-order valence-electron chi connectivity index (χ2n) is 9.08. The van der Waals surface area contributed by atoms with Gasteiger partial charge in [0, 0.05) is 28.4 Å². The smallest absolute Gasteiger partial charge is 0.170 e. The summed E-state index contributed by atoms with van der Waals surface area (Å²) in [5.74, 6) is 0.430. The maximum atomic E-state index is 11.2. The largest absolute Gasteiger partial charge is 0.504 e. The zero-order valence-electron chi connectivity index (χ0n) is 16.0. The van der Waals surface area contributed by atoms with Crippen LogP contribution in [-0.2, 0) is 16.6 Å². The molecular weight excluding hydrogens is 316 g/mol. The van der Waals surface area contributed by atoms with Gasteiger partial charge in [-0.1, -0.05) is 33.8 Å². The average molecular weight is 346 g/mol. The molecule has 3 atom stereocenters. The number of hydrogen-bond acceptors (Lipinski definition) is 4. The van der Waals surface area contributed by atoms with Crippen LogP contribution in [0.1, 0.15) is 69.6 Å². The SMILES string of the molecule is COc1c(C(C)C)cc2c(c1O)[C@]13CC[C@](O)(OC1)C(C)(C)[C@@H]3CC2. The second kappa shape index (κ2) is 5.14. The minimum atomic E-state index is -1.05. The number of ether oxygens (including phenoxy) is 2. The van der Waals surface area contributed by atoms with E-state index in [2.05, 4.69) is 33.8 Å². The Morgan fingerprint density at radius 2 is 2.00 bits per heavy atom. The molecule has 0 amide bonds. The third kappa shape index (κ3) is 1.95. The minimum absolute atomic E-state index is 0.228. The topological polar surface area (TPSA) is 58.9 Å². The monoisotopic (exact) mass is 346 g/mol. The molecule has 0 aromatic heterocycles. The van der Waals surface area contributed by atoms with E-state index in [1.807, 2.05) is 0 Å². The first-order valence-corrected chi connectivity index (χ1v) is 9.47. The van der Waals surface area contributed by atoms with Gasteiger partial charge in [0.15, 0.2) is 17.3 Å². The van der Waals surface area contributed by atoms with Crippen LogP contribution in [0.25, 0.3) is 0 Å². The van der Waals surface area contributed by atoms with Gasteiger partial charge in [-0.15, -0.1) is 0 Å². The molecule has 2 heterocycles. The number of fused-ring (bicyclic) bond motifs is 3. The first-order chi connectivity index (χ1) is 11.7. The van der Waals surface area contributed by atoms with Crippen LogP contribution >= 0.6 is 0 Å². The van der Waals surface area contributed by atoms with E-state index in [1.165, 1.54) is 5.56 Å². The van der Waals surface area contributed by atoms with E-state index < -0.39 is 5.79 Å². The molecule has 4 heteroatoms. The van der Waals surface area contributed by atoms with Crippen molar-refractivity contribution < 1.29 is 19.7 Å². The van der Waals surface area contributed by atoms with E-state index in [0.29, 0.717) is 30.4 Å². The third-order valence-corrected chi connectivity index (χ3v) is 7.41. The molecule has 0 unspecified atom stereocenters. The Hall–Kier alpha value is -1.26. The summed E-state index contributed by atoms with van der Waals surface area (Å²) in [7, 11) is 1.63. The zero-order valence-corrected chi connectivity index (χ0v) is 16.0. The van der Waals surface area contributed by atoms with Crippen molar-refractivity contribution in [3.8, 4) is 11.5 Å². The zero-order chi connectivity index (χ0) is 18.2. The molecule has 1 spiro atoms. The number of aryl methyl sites for hydroxylation is 1. The van der Waals surface area contributed by atoms with Crippen LogP contribution in [0.5, 0.6) is 11.5 Å². The van der Waals surface area contributed by atoms with Crippen molar-refractivity contribution in [1.29, 1.82) is 0 Å². The molecule has 2 aliphatic carbocycles. The first-order valence-electron chi connectivity index (χ1n) is 9.47. The lowest BCUT2D eigenvalue weighted by molar-refractivity contribution is -0.357. The molecule has 3 fully saturated rings. The summed E-state index contributed by atoms with van der Waals surface area (Å²) in [6, 6.07) is 2.23. The maximum Gasteiger partial charge on any atom is 0.170 e. The Balaban J connectivity index is 1.95. The molecule has 2 bridgehead atoms. The van der Waals surface area contributed by atoms with E-state index in [-0.39, 0.29) is 16.7 Å². The Kier molecular flexibility index (Phi) is 3.53. The second-order valence-corrected chi connectivity index (χ2v) is 9.08. The molecule has 1 saturated carbocycles. The van der Waals surface area contributed by atoms with Crippen molar-refractivity contribution in [2.24, 2.45) is 11.3 Å². The number of aliphatic hydroxyl groups is 1. The van der Waals surface area contributed by atoms with Crippen LogP contribution < -0.4 is 4.74 Å². The van der Waals surface area contributed by atoms with E-state index in [4.69, 9.17) is 9.47 Å². The number of benzene rings is 1. The van der Waals surface area contributed by atoms with Gasteiger partial charge in [0.2, 0.25) is 0 Å². The van der Waals surface area contributed by atoms with Gasteiger partial charge in [0.05, 0.1) is 13.7 Å². The summed E-state index contributed by atoms with van der Waals surface area (Å²) < 4.78 is 11.6. The highest BCUT2D eigenvalue weighted by Gasteiger charge is 2.67. The summed E-state index contributed by atoms with van der Waals surface area (Å²) in [6.07, 6.45) is 3.42. The predicted molar refractivity (Wildman–Crippen MR) is 96.2 cm³/mol. The third-order valence-electron chi connectivity index (χ3n) is 7.41. The number of methoxy groups -OCH3 is 1. The lowest BCUT2D eigenvalue weighted by Crippen LogP contribution is -2.69. The van der Waals surface area contributed by atoms with Crippen molar-refractivity contribution in [2.45, 2.75) is 70.5 Å². The minimum Gasteiger partial charge on any atom is -0.504 e. The van der Waals surface area contributed by atoms with Crippen molar-refractivity contribution in [3.05, 3.63) is 22.8 Å². The van der Waals surface area contributed by atoms with E-state index >= 15 is 0 Å². The average Bonchev–Trinajstić information content (AvgIpc) is 2.56. The molecule has 0 radical (unpaired) electrons. The fourth-order valence-electron chi connectivity index (χ4n) is 5.96. The quantitative estimate of drug-likeness (QED) is 0.854. The van der Waals surface area contributed by atoms with E-state index in [1.54, 1.807) is 7.11 Å². The van der Waals surface area contributed by atoms with Gasteiger partial charge in [-0.25, -0.2) is 0 Å². The highest BCUT2D eigenvalue weighted by molar-refractivity contribution is 5.60. The normalized spacial score (nSPS) is 35.4. The van der Waals surface area contributed by atoms with Gasteiger partial charge < -0.3 is 19.7 Å². The van der Waals surface area contributed by atoms with Crippen LogP contribution in [0.3, 0.4) is 0 Å². The van der Waals surface area contributed by atoms with Crippen LogP contribution in [0, 0.1) is 11.3 Å². The number of hydrogen-bond donors (Lipinski definition) is 2. The molecule has 2 saturated heterocycles. The Morgan fingerprint density at radius 3 is 2.56 bits per heavy atom. The number of phenolic OH excluding ortho intramolecular Hbond substituents is 1. The van der Waals surface area contributed by atoms with Crippen molar-refractivity contribution in [1.82, 2.24) is 0 Å². The fraction of sp³-hybridized carbons (Fsp3) is 0.714. The van der Waals surface area contributed by atoms with Gasteiger partial charge in [0.25, 0.3) is 0 Å². The summed E-state index contributed by atoms with van der Waals surface area (Å²) >= 11 is 0. The van der Waals surface area contributed by atoms with Gasteiger partial charge in [-0.05, 0) is 36.7 Å². The lowest BCUT2D eigenvalue weighted by atomic mass is 9.46. The van der Waals surface area contributed by atoms with Gasteiger partial charge in [-0.2, -0.15) is 0 Å². The van der Waals surface area contributed by atoms with Gasteiger partial charge in [-0.3, -0.25) is 0 Å². The molecule has 2 aliphatic heterocycles. The summed E-state index contributed by atoms with van der Waals surface area (Å²) in [5, 5.41) is 22.2. The number of phenols is 1. The highest BCUT2D eigenvalue weighted by Crippen LogP contribution is 2.66. The van der Waals surface area contributed by atoms with E-state index in [9.17, 15) is 10.2 Å². The molecular formula is C21H30O4. The van der Waals surface area contributed by atoms with Crippen molar-refractivity contribution >= 4 is 0 Å². The van der Waals surface area contributed by atoms with Gasteiger partial charge >= 0.3 is 0 Å². The Labute approximate surface area is 150 Å². The van der Waals surface area contributed by atoms with Gasteiger partial charge in [0.1, 0.15) is 0 Å². The highest BCUT2D eigenvalue weighted by atomic mass is 16.6. The summed E-state index contributed by atoms with van der Waals surface area (Å²) in [4.78, 5) is 0. The number of aromatic hydroxyl groups is 1. The summed E-state index contributed by atoms with van der Waals surface area (Å²) in [6.45, 7) is 8.96. The van der Waals surface area contributed by atoms with Crippen LogP contribution in [-0.4, -0.2) is 29.7 Å². The number of rotatable bonds is 2. The molecule has 4 aliphatic rings.